The minimum Gasteiger partial charge on any atom is -0.411 e. The van der Waals surface area contributed by atoms with E-state index in [0.29, 0.717) is 6.54 Å². The number of thioether (sulfide) groups is 1. The second-order valence-corrected chi connectivity index (χ2v) is 7.67. The minimum atomic E-state index is -0.431. The molecule has 146 valence electrons. The number of carbonyl (C=O) groups excluding carboxylic acids is 1. The van der Waals surface area contributed by atoms with E-state index in [4.69, 9.17) is 4.42 Å². The van der Waals surface area contributed by atoms with E-state index in [1.807, 2.05) is 18.2 Å². The van der Waals surface area contributed by atoms with Crippen molar-refractivity contribution < 1.29 is 13.6 Å². The van der Waals surface area contributed by atoms with Crippen molar-refractivity contribution >= 4 is 17.7 Å². The highest BCUT2D eigenvalue weighted by atomic mass is 32.2. The number of nitrogens with one attached hydrogen (secondary N) is 1. The predicted molar refractivity (Wildman–Crippen MR) is 107 cm³/mol. The standard InChI is InChI=1S/C21H22FN3O2S/c1-3-15(16-9-5-4-6-10-16)13-23-19(26)14(2)28-21-25-24-20(27-21)17-11-7-8-12-18(17)22/h4-12,14-15H,3,13H2,1-2H3,(H,23,26)/t14-,15-/m0/s1. The maximum absolute atomic E-state index is 13.8. The molecule has 0 aliphatic rings. The molecule has 5 nitrogen and oxygen atoms in total. The monoisotopic (exact) mass is 399 g/mol. The molecule has 1 amide bonds. The van der Waals surface area contributed by atoms with Gasteiger partial charge in [-0.05, 0) is 31.0 Å². The fourth-order valence-corrected chi connectivity index (χ4v) is 3.50. The average molecular weight is 399 g/mol. The normalized spacial score (nSPS) is 13.1. The van der Waals surface area contributed by atoms with Crippen LogP contribution in [0.25, 0.3) is 11.5 Å². The number of amides is 1. The van der Waals surface area contributed by atoms with Gasteiger partial charge < -0.3 is 9.73 Å². The molecule has 0 bridgehead atoms. The molecule has 3 aromatic rings. The van der Waals surface area contributed by atoms with E-state index >= 15 is 0 Å². The van der Waals surface area contributed by atoms with Crippen LogP contribution in [-0.2, 0) is 4.79 Å². The Hall–Kier alpha value is -2.67. The average Bonchev–Trinajstić information content (AvgIpc) is 3.17. The van der Waals surface area contributed by atoms with Crippen molar-refractivity contribution in [1.29, 1.82) is 0 Å². The molecule has 0 unspecified atom stereocenters. The lowest BCUT2D eigenvalue weighted by Gasteiger charge is -2.17. The van der Waals surface area contributed by atoms with E-state index in [1.54, 1.807) is 25.1 Å². The molecule has 1 N–H and O–H groups in total. The fraction of sp³-hybridized carbons (Fsp3) is 0.286. The van der Waals surface area contributed by atoms with Crippen LogP contribution >= 0.6 is 11.8 Å². The lowest BCUT2D eigenvalue weighted by atomic mass is 9.96. The number of halogens is 1. The zero-order valence-electron chi connectivity index (χ0n) is 15.8. The number of hydrogen-bond donors (Lipinski definition) is 1. The Morgan fingerprint density at radius 2 is 1.86 bits per heavy atom. The number of nitrogens with zero attached hydrogens (tertiary/aromatic N) is 2. The van der Waals surface area contributed by atoms with E-state index < -0.39 is 11.1 Å². The van der Waals surface area contributed by atoms with Gasteiger partial charge >= 0.3 is 0 Å². The summed E-state index contributed by atoms with van der Waals surface area (Å²) in [6, 6.07) is 16.3. The quantitative estimate of drug-likeness (QED) is 0.558. The maximum atomic E-state index is 13.8. The van der Waals surface area contributed by atoms with E-state index in [1.165, 1.54) is 11.6 Å². The zero-order chi connectivity index (χ0) is 19.9. The van der Waals surface area contributed by atoms with Crippen LogP contribution in [0, 0.1) is 5.82 Å². The Kier molecular flexibility index (Phi) is 6.81. The highest BCUT2D eigenvalue weighted by Gasteiger charge is 2.20. The molecule has 0 aliphatic heterocycles. The van der Waals surface area contributed by atoms with E-state index in [9.17, 15) is 9.18 Å². The molecule has 3 rings (SSSR count). The number of benzene rings is 2. The largest absolute Gasteiger partial charge is 0.411 e. The summed E-state index contributed by atoms with van der Waals surface area (Å²) >= 11 is 1.15. The van der Waals surface area contributed by atoms with Crippen LogP contribution in [0.5, 0.6) is 0 Å². The van der Waals surface area contributed by atoms with Gasteiger partial charge in [-0.2, -0.15) is 0 Å². The van der Waals surface area contributed by atoms with Gasteiger partial charge in [-0.25, -0.2) is 4.39 Å². The molecule has 1 heterocycles. The van der Waals surface area contributed by atoms with Crippen molar-refractivity contribution in [3.05, 3.63) is 66.0 Å². The van der Waals surface area contributed by atoms with Crippen LogP contribution in [0.15, 0.2) is 64.2 Å². The predicted octanol–water partition coefficient (Wildman–Crippen LogP) is 4.67. The van der Waals surface area contributed by atoms with Gasteiger partial charge in [0.25, 0.3) is 11.1 Å². The van der Waals surface area contributed by atoms with E-state index in [0.717, 1.165) is 18.2 Å². The van der Waals surface area contributed by atoms with Gasteiger partial charge in [-0.1, -0.05) is 61.2 Å². The van der Waals surface area contributed by atoms with E-state index in [2.05, 4.69) is 34.6 Å². The highest BCUT2D eigenvalue weighted by molar-refractivity contribution is 8.00. The summed E-state index contributed by atoms with van der Waals surface area (Å²) in [5.41, 5.74) is 1.45. The summed E-state index contributed by atoms with van der Waals surface area (Å²) in [6.45, 7) is 4.44. The maximum Gasteiger partial charge on any atom is 0.277 e. The third kappa shape index (κ3) is 4.98. The van der Waals surface area contributed by atoms with Crippen molar-refractivity contribution in [1.82, 2.24) is 15.5 Å². The summed E-state index contributed by atoms with van der Waals surface area (Å²) in [5, 5.41) is 10.6. The van der Waals surface area contributed by atoms with Gasteiger partial charge in [0.05, 0.1) is 10.8 Å². The van der Waals surface area contributed by atoms with Crippen molar-refractivity contribution in [3.8, 4) is 11.5 Å². The van der Waals surface area contributed by atoms with Crippen LogP contribution in [0.4, 0.5) is 4.39 Å². The molecule has 2 atom stereocenters. The van der Waals surface area contributed by atoms with Crippen LogP contribution < -0.4 is 5.32 Å². The Labute approximate surface area is 167 Å². The number of aromatic nitrogens is 2. The lowest BCUT2D eigenvalue weighted by Crippen LogP contribution is -2.34. The molecule has 0 fully saturated rings. The molecular weight excluding hydrogens is 377 g/mol. The van der Waals surface area contributed by atoms with Crippen molar-refractivity contribution in [2.75, 3.05) is 6.54 Å². The number of carbonyl (C=O) groups is 1. The van der Waals surface area contributed by atoms with Crippen LogP contribution in [-0.4, -0.2) is 27.9 Å². The van der Waals surface area contributed by atoms with Crippen LogP contribution in [0.1, 0.15) is 31.7 Å². The fourth-order valence-electron chi connectivity index (χ4n) is 2.80. The van der Waals surface area contributed by atoms with Crippen LogP contribution in [0.2, 0.25) is 0 Å². The summed E-state index contributed by atoms with van der Waals surface area (Å²) in [7, 11) is 0. The number of rotatable bonds is 8. The summed E-state index contributed by atoms with van der Waals surface area (Å²) in [6.07, 6.45) is 0.932. The topological polar surface area (TPSA) is 68.0 Å². The first-order valence-electron chi connectivity index (χ1n) is 9.16. The first-order valence-corrected chi connectivity index (χ1v) is 10.0. The summed E-state index contributed by atoms with van der Waals surface area (Å²) in [4.78, 5) is 12.4. The molecule has 0 saturated heterocycles. The molecule has 0 saturated carbocycles. The third-order valence-electron chi connectivity index (χ3n) is 4.44. The Bertz CT molecular complexity index is 917. The lowest BCUT2D eigenvalue weighted by molar-refractivity contribution is -0.120. The number of hydrogen-bond acceptors (Lipinski definition) is 5. The van der Waals surface area contributed by atoms with Crippen molar-refractivity contribution in [3.63, 3.8) is 0 Å². The summed E-state index contributed by atoms with van der Waals surface area (Å²) in [5.74, 6) is -0.174. The third-order valence-corrected chi connectivity index (χ3v) is 5.38. The Balaban J connectivity index is 1.57. The second kappa shape index (κ2) is 9.50. The van der Waals surface area contributed by atoms with Gasteiger partial charge in [0.2, 0.25) is 5.91 Å². The van der Waals surface area contributed by atoms with Gasteiger partial charge in [0.1, 0.15) is 5.82 Å². The molecule has 28 heavy (non-hydrogen) atoms. The second-order valence-electron chi connectivity index (χ2n) is 6.37. The first-order chi connectivity index (χ1) is 13.6. The Morgan fingerprint density at radius 1 is 1.14 bits per heavy atom. The van der Waals surface area contributed by atoms with Crippen molar-refractivity contribution in [2.45, 2.75) is 36.7 Å². The Morgan fingerprint density at radius 3 is 2.57 bits per heavy atom. The van der Waals surface area contributed by atoms with Gasteiger partial charge in [0, 0.05) is 12.5 Å². The first kappa shape index (κ1) is 20.1. The molecule has 0 radical (unpaired) electrons. The molecule has 2 aromatic carbocycles. The van der Waals surface area contributed by atoms with Gasteiger partial charge in [-0.15, -0.1) is 10.2 Å². The summed E-state index contributed by atoms with van der Waals surface area (Å²) < 4.78 is 19.3. The molecular formula is C21H22FN3O2S. The molecule has 0 spiro atoms. The molecule has 1 aromatic heterocycles. The van der Waals surface area contributed by atoms with E-state index in [-0.39, 0.29) is 28.5 Å². The van der Waals surface area contributed by atoms with Crippen molar-refractivity contribution in [2.24, 2.45) is 0 Å². The molecule has 0 aliphatic carbocycles. The van der Waals surface area contributed by atoms with Gasteiger partial charge in [0.15, 0.2) is 0 Å². The molecule has 7 heteroatoms. The smallest absolute Gasteiger partial charge is 0.277 e. The van der Waals surface area contributed by atoms with Crippen LogP contribution in [0.3, 0.4) is 0 Å². The SMILES string of the molecule is CC[C@@H](CNC(=O)[C@H](C)Sc1nnc(-c2ccccc2F)o1)c1ccccc1. The highest BCUT2D eigenvalue weighted by Crippen LogP contribution is 2.27. The van der Waals surface area contributed by atoms with Gasteiger partial charge in [-0.3, -0.25) is 4.79 Å². The zero-order valence-corrected chi connectivity index (χ0v) is 16.6. The minimum absolute atomic E-state index is 0.100.